The fraction of sp³-hybridized carbons (Fsp3) is 0.727. The molecule has 17 heavy (non-hydrogen) atoms. The number of nitrogen functional groups attached to an aromatic ring is 1. The van der Waals surface area contributed by atoms with Crippen molar-refractivity contribution < 1.29 is 9.90 Å². The lowest BCUT2D eigenvalue weighted by atomic mass is 9.65. The molecule has 0 saturated heterocycles. The van der Waals surface area contributed by atoms with Crippen molar-refractivity contribution in [1.29, 1.82) is 0 Å². The largest absolute Gasteiger partial charge is 0.481 e. The zero-order chi connectivity index (χ0) is 12.8. The number of H-pyrrole nitrogens is 1. The van der Waals surface area contributed by atoms with Gasteiger partial charge in [-0.25, -0.2) is 0 Å². The van der Waals surface area contributed by atoms with Gasteiger partial charge in [-0.2, -0.15) is 4.98 Å². The summed E-state index contributed by atoms with van der Waals surface area (Å²) in [5, 5.41) is 16.0. The average Bonchev–Trinajstić information content (AvgIpc) is 2.72. The Hall–Kier alpha value is -1.59. The Morgan fingerprint density at radius 2 is 2.18 bits per heavy atom. The van der Waals surface area contributed by atoms with Crippen molar-refractivity contribution >= 4 is 11.9 Å². The maximum absolute atomic E-state index is 11.5. The highest BCUT2D eigenvalue weighted by Crippen LogP contribution is 2.59. The molecule has 4 N–H and O–H groups in total. The minimum absolute atomic E-state index is 0.0494. The molecule has 1 aromatic rings. The molecule has 1 fully saturated rings. The van der Waals surface area contributed by atoms with Crippen molar-refractivity contribution in [3.63, 3.8) is 0 Å². The van der Waals surface area contributed by atoms with Gasteiger partial charge in [0.2, 0.25) is 5.95 Å². The lowest BCUT2D eigenvalue weighted by Crippen LogP contribution is -2.40. The molecule has 94 valence electrons. The normalized spacial score (nSPS) is 31.6. The summed E-state index contributed by atoms with van der Waals surface area (Å²) in [6, 6.07) is 0. The highest BCUT2D eigenvalue weighted by molar-refractivity contribution is 5.76. The van der Waals surface area contributed by atoms with Crippen LogP contribution in [0.1, 0.15) is 45.4 Å². The predicted molar refractivity (Wildman–Crippen MR) is 62.3 cm³/mol. The number of hydrogen-bond donors (Lipinski definition) is 3. The van der Waals surface area contributed by atoms with E-state index in [1.165, 1.54) is 0 Å². The molecule has 1 aliphatic rings. The number of carbonyl (C=O) groups is 1. The molecule has 0 amide bonds. The third-order valence-corrected chi connectivity index (χ3v) is 4.55. The van der Waals surface area contributed by atoms with E-state index in [2.05, 4.69) is 15.2 Å². The van der Waals surface area contributed by atoms with Crippen LogP contribution in [0.2, 0.25) is 0 Å². The standard InChI is InChI=1S/C11H18N4O2/c1-10(2)6(7-13-9(12)15-14-7)4-5-11(10,3)8(16)17/h6H,4-5H2,1-3H3,(H,16,17)(H3,12,13,14,15)/t6-,11+/m0/s1. The van der Waals surface area contributed by atoms with Crippen LogP contribution in [0.3, 0.4) is 0 Å². The third kappa shape index (κ3) is 1.50. The van der Waals surface area contributed by atoms with E-state index in [0.717, 1.165) is 6.42 Å². The summed E-state index contributed by atoms with van der Waals surface area (Å²) < 4.78 is 0. The molecule has 0 aromatic carbocycles. The summed E-state index contributed by atoms with van der Waals surface area (Å²) in [4.78, 5) is 15.6. The Bertz CT molecular complexity index is 454. The van der Waals surface area contributed by atoms with Gasteiger partial charge in [0.25, 0.3) is 0 Å². The van der Waals surface area contributed by atoms with Gasteiger partial charge >= 0.3 is 5.97 Å². The molecule has 6 nitrogen and oxygen atoms in total. The molecule has 1 aromatic heterocycles. The van der Waals surface area contributed by atoms with Crippen LogP contribution in [0.4, 0.5) is 5.95 Å². The van der Waals surface area contributed by atoms with Crippen molar-refractivity contribution in [2.24, 2.45) is 10.8 Å². The molecule has 1 aliphatic carbocycles. The van der Waals surface area contributed by atoms with Crippen LogP contribution in [-0.4, -0.2) is 26.3 Å². The SMILES string of the molecule is CC1(C)[C@H](c2nc(N)n[nH]2)CC[C@]1(C)C(=O)O. The fourth-order valence-electron chi connectivity index (χ4n) is 2.81. The van der Waals surface area contributed by atoms with Gasteiger partial charge in [0.15, 0.2) is 0 Å². The minimum atomic E-state index is -0.752. The maximum atomic E-state index is 11.5. The van der Waals surface area contributed by atoms with Crippen LogP contribution in [-0.2, 0) is 4.79 Å². The Labute approximate surface area is 99.6 Å². The lowest BCUT2D eigenvalue weighted by molar-refractivity contribution is -0.153. The Morgan fingerprint density at radius 1 is 1.53 bits per heavy atom. The van der Waals surface area contributed by atoms with E-state index in [-0.39, 0.29) is 17.3 Å². The van der Waals surface area contributed by atoms with E-state index in [9.17, 15) is 9.90 Å². The van der Waals surface area contributed by atoms with Crippen molar-refractivity contribution in [1.82, 2.24) is 15.2 Å². The molecule has 2 rings (SSSR count). The number of aliphatic carboxylic acids is 1. The van der Waals surface area contributed by atoms with Crippen LogP contribution >= 0.6 is 0 Å². The fourth-order valence-corrected chi connectivity index (χ4v) is 2.81. The Morgan fingerprint density at radius 3 is 2.59 bits per heavy atom. The minimum Gasteiger partial charge on any atom is -0.481 e. The Balaban J connectivity index is 2.38. The van der Waals surface area contributed by atoms with Crippen LogP contribution in [0.15, 0.2) is 0 Å². The van der Waals surface area contributed by atoms with E-state index in [1.54, 1.807) is 6.92 Å². The second-order valence-electron chi connectivity index (χ2n) is 5.53. The van der Waals surface area contributed by atoms with E-state index < -0.39 is 11.4 Å². The molecule has 6 heteroatoms. The van der Waals surface area contributed by atoms with Crippen molar-refractivity contribution in [2.45, 2.75) is 39.5 Å². The summed E-state index contributed by atoms with van der Waals surface area (Å²) in [5.41, 5.74) is 4.37. The number of aromatic nitrogens is 3. The highest BCUT2D eigenvalue weighted by Gasteiger charge is 2.57. The third-order valence-electron chi connectivity index (χ3n) is 4.55. The van der Waals surface area contributed by atoms with Crippen molar-refractivity contribution in [3.8, 4) is 0 Å². The van der Waals surface area contributed by atoms with Crippen LogP contribution < -0.4 is 5.73 Å². The number of hydrogen-bond acceptors (Lipinski definition) is 4. The number of nitrogens with zero attached hydrogens (tertiary/aromatic N) is 2. The van der Waals surface area contributed by atoms with E-state index in [4.69, 9.17) is 5.73 Å². The Kier molecular flexibility index (Phi) is 2.41. The van der Waals surface area contributed by atoms with Gasteiger partial charge < -0.3 is 10.8 Å². The second-order valence-corrected chi connectivity index (χ2v) is 5.53. The van der Waals surface area contributed by atoms with Gasteiger partial charge in [0.05, 0.1) is 5.41 Å². The first-order chi connectivity index (χ1) is 7.79. The molecule has 1 heterocycles. The van der Waals surface area contributed by atoms with Crippen LogP contribution in [0.25, 0.3) is 0 Å². The molecular weight excluding hydrogens is 220 g/mol. The summed E-state index contributed by atoms with van der Waals surface area (Å²) in [7, 11) is 0. The van der Waals surface area contributed by atoms with Gasteiger partial charge in [0.1, 0.15) is 5.82 Å². The number of aromatic amines is 1. The number of carboxylic acids is 1. The van der Waals surface area contributed by atoms with Crippen LogP contribution in [0.5, 0.6) is 0 Å². The topological polar surface area (TPSA) is 105 Å². The number of rotatable bonds is 2. The summed E-state index contributed by atoms with van der Waals surface area (Å²) in [6.07, 6.45) is 1.42. The predicted octanol–water partition coefficient (Wildman–Crippen LogP) is 1.38. The average molecular weight is 238 g/mol. The smallest absolute Gasteiger partial charge is 0.309 e. The molecule has 0 aliphatic heterocycles. The second kappa shape index (κ2) is 3.45. The molecule has 1 saturated carbocycles. The van der Waals surface area contributed by atoms with Gasteiger partial charge in [-0.3, -0.25) is 9.89 Å². The van der Waals surface area contributed by atoms with Gasteiger partial charge in [-0.05, 0) is 25.2 Å². The number of nitrogens with two attached hydrogens (primary N) is 1. The number of anilines is 1. The molecular formula is C11H18N4O2. The first kappa shape index (κ1) is 11.9. The summed E-state index contributed by atoms with van der Waals surface area (Å²) in [5.74, 6) is 0.197. The van der Waals surface area contributed by atoms with E-state index >= 15 is 0 Å². The van der Waals surface area contributed by atoms with Gasteiger partial charge in [-0.1, -0.05) is 13.8 Å². The monoisotopic (exact) mass is 238 g/mol. The maximum Gasteiger partial charge on any atom is 0.309 e. The molecule has 0 spiro atoms. The van der Waals surface area contributed by atoms with E-state index in [1.807, 2.05) is 13.8 Å². The van der Waals surface area contributed by atoms with Crippen molar-refractivity contribution in [3.05, 3.63) is 5.82 Å². The zero-order valence-electron chi connectivity index (χ0n) is 10.3. The number of nitrogens with one attached hydrogen (secondary N) is 1. The molecule has 0 unspecified atom stereocenters. The zero-order valence-corrected chi connectivity index (χ0v) is 10.3. The molecule has 0 radical (unpaired) electrons. The summed E-state index contributed by atoms with van der Waals surface area (Å²) >= 11 is 0. The summed E-state index contributed by atoms with van der Waals surface area (Å²) in [6.45, 7) is 5.74. The molecule has 2 atom stereocenters. The van der Waals surface area contributed by atoms with Crippen LogP contribution in [0, 0.1) is 10.8 Å². The quantitative estimate of drug-likeness (QED) is 0.722. The van der Waals surface area contributed by atoms with Gasteiger partial charge in [-0.15, -0.1) is 5.10 Å². The first-order valence-electron chi connectivity index (χ1n) is 5.70. The lowest BCUT2D eigenvalue weighted by Gasteiger charge is -2.37. The van der Waals surface area contributed by atoms with Gasteiger partial charge in [0, 0.05) is 5.92 Å². The van der Waals surface area contributed by atoms with Crippen molar-refractivity contribution in [2.75, 3.05) is 5.73 Å². The van der Waals surface area contributed by atoms with E-state index in [0.29, 0.717) is 12.2 Å². The molecule has 0 bridgehead atoms. The highest BCUT2D eigenvalue weighted by atomic mass is 16.4. The first-order valence-corrected chi connectivity index (χ1v) is 5.70. The number of carboxylic acid groups (broad SMARTS) is 1.